The lowest BCUT2D eigenvalue weighted by Gasteiger charge is -2.25. The van der Waals surface area contributed by atoms with Crippen LogP contribution in [0.1, 0.15) is 0 Å². The van der Waals surface area contributed by atoms with Crippen molar-refractivity contribution in [3.63, 3.8) is 0 Å². The number of nitrogen functional groups attached to an aromatic ring is 1. The number of hydrogen-bond donors (Lipinski definition) is 1. The first-order valence-corrected chi connectivity index (χ1v) is 6.99. The van der Waals surface area contributed by atoms with Crippen molar-refractivity contribution in [2.24, 2.45) is 0 Å². The Kier molecular flexibility index (Phi) is 3.93. The van der Waals surface area contributed by atoms with E-state index in [1.54, 1.807) is 0 Å². The van der Waals surface area contributed by atoms with Crippen molar-refractivity contribution in [1.29, 1.82) is 0 Å². The van der Waals surface area contributed by atoms with Crippen LogP contribution in [0.3, 0.4) is 0 Å². The molecule has 1 aliphatic heterocycles. The molecule has 0 aromatic carbocycles. The van der Waals surface area contributed by atoms with Crippen molar-refractivity contribution in [2.75, 3.05) is 36.9 Å². The van der Waals surface area contributed by atoms with Crippen molar-refractivity contribution < 1.29 is 0 Å². The molecule has 2 heterocycles. The van der Waals surface area contributed by atoms with Crippen LogP contribution in [-0.4, -0.2) is 45.8 Å². The lowest BCUT2D eigenvalue weighted by Crippen LogP contribution is -2.35. The second-order valence-corrected chi connectivity index (χ2v) is 5.66. The standard InChI is InChI=1S/C9H15BrN4S/c10-8-7-14(12-9(8)11)2-1-13-3-5-15-6-4-13/h7H,1-6H2,(H2,11,12). The van der Waals surface area contributed by atoms with Gasteiger partial charge < -0.3 is 5.73 Å². The normalized spacial score (nSPS) is 18.2. The zero-order valence-corrected chi connectivity index (χ0v) is 10.9. The van der Waals surface area contributed by atoms with Crippen molar-refractivity contribution >= 4 is 33.5 Å². The Balaban J connectivity index is 1.81. The Bertz CT molecular complexity index is 302. The van der Waals surface area contributed by atoms with Gasteiger partial charge in [0.2, 0.25) is 0 Å². The van der Waals surface area contributed by atoms with Gasteiger partial charge in [-0.05, 0) is 15.9 Å². The van der Waals surface area contributed by atoms with E-state index in [4.69, 9.17) is 5.73 Å². The fourth-order valence-corrected chi connectivity index (χ4v) is 2.89. The Morgan fingerprint density at radius 2 is 2.13 bits per heavy atom. The van der Waals surface area contributed by atoms with Gasteiger partial charge >= 0.3 is 0 Å². The first-order chi connectivity index (χ1) is 7.25. The largest absolute Gasteiger partial charge is 0.381 e. The fourth-order valence-electron chi connectivity index (χ4n) is 1.60. The maximum absolute atomic E-state index is 5.65. The number of nitrogens with zero attached hydrogens (tertiary/aromatic N) is 3. The highest BCUT2D eigenvalue weighted by Crippen LogP contribution is 2.16. The predicted octanol–water partition coefficient (Wildman–Crippen LogP) is 1.28. The molecule has 84 valence electrons. The van der Waals surface area contributed by atoms with Gasteiger partial charge in [0.25, 0.3) is 0 Å². The summed E-state index contributed by atoms with van der Waals surface area (Å²) < 4.78 is 2.79. The average molecular weight is 291 g/mol. The van der Waals surface area contributed by atoms with Gasteiger partial charge in [0.1, 0.15) is 0 Å². The lowest BCUT2D eigenvalue weighted by atomic mass is 10.4. The van der Waals surface area contributed by atoms with E-state index in [0.717, 1.165) is 17.6 Å². The molecule has 0 atom stereocenters. The van der Waals surface area contributed by atoms with Gasteiger partial charge in [-0.15, -0.1) is 0 Å². The molecule has 1 saturated heterocycles. The van der Waals surface area contributed by atoms with E-state index in [9.17, 15) is 0 Å². The highest BCUT2D eigenvalue weighted by Gasteiger charge is 2.10. The van der Waals surface area contributed by atoms with Crippen molar-refractivity contribution in [2.45, 2.75) is 6.54 Å². The molecule has 0 radical (unpaired) electrons. The minimum atomic E-state index is 0.573. The Morgan fingerprint density at radius 1 is 1.40 bits per heavy atom. The van der Waals surface area contributed by atoms with Gasteiger partial charge in [0.05, 0.1) is 11.0 Å². The molecule has 15 heavy (non-hydrogen) atoms. The smallest absolute Gasteiger partial charge is 0.159 e. The van der Waals surface area contributed by atoms with Crippen molar-refractivity contribution in [3.05, 3.63) is 10.7 Å². The summed E-state index contributed by atoms with van der Waals surface area (Å²) in [7, 11) is 0. The number of thioether (sulfide) groups is 1. The minimum absolute atomic E-state index is 0.573. The van der Waals surface area contributed by atoms with Crippen molar-refractivity contribution in [1.82, 2.24) is 14.7 Å². The van der Waals surface area contributed by atoms with Crippen LogP contribution >= 0.6 is 27.7 Å². The third-order valence-electron chi connectivity index (χ3n) is 2.49. The molecule has 0 saturated carbocycles. The number of aromatic nitrogens is 2. The van der Waals surface area contributed by atoms with E-state index < -0.39 is 0 Å². The van der Waals surface area contributed by atoms with Crippen LogP contribution in [0.15, 0.2) is 10.7 Å². The molecular formula is C9H15BrN4S. The molecule has 4 nitrogen and oxygen atoms in total. The zero-order chi connectivity index (χ0) is 10.7. The highest BCUT2D eigenvalue weighted by atomic mass is 79.9. The summed E-state index contributed by atoms with van der Waals surface area (Å²) in [5, 5.41) is 4.21. The van der Waals surface area contributed by atoms with Crippen LogP contribution in [0.2, 0.25) is 0 Å². The molecule has 0 amide bonds. The topological polar surface area (TPSA) is 47.1 Å². The molecule has 2 N–H and O–H groups in total. The highest BCUT2D eigenvalue weighted by molar-refractivity contribution is 9.10. The molecule has 0 aliphatic carbocycles. The number of nitrogens with two attached hydrogens (primary N) is 1. The van der Waals surface area contributed by atoms with Gasteiger partial charge in [-0.3, -0.25) is 9.58 Å². The molecule has 0 spiro atoms. The Hall–Kier alpha value is -0.200. The first kappa shape index (κ1) is 11.3. The summed E-state index contributed by atoms with van der Waals surface area (Å²) in [6.45, 7) is 4.37. The summed E-state index contributed by atoms with van der Waals surface area (Å²) in [5.74, 6) is 3.08. The third kappa shape index (κ3) is 3.12. The minimum Gasteiger partial charge on any atom is -0.381 e. The fraction of sp³-hybridized carbons (Fsp3) is 0.667. The van der Waals surface area contributed by atoms with Gasteiger partial charge in [-0.25, -0.2) is 0 Å². The summed E-state index contributed by atoms with van der Waals surface area (Å²) in [6, 6.07) is 0. The monoisotopic (exact) mass is 290 g/mol. The maximum atomic E-state index is 5.65. The Labute approximate surface area is 102 Å². The molecule has 2 rings (SSSR count). The number of halogens is 1. The van der Waals surface area contributed by atoms with Gasteiger partial charge in [0, 0.05) is 37.3 Å². The van der Waals surface area contributed by atoms with Crippen LogP contribution in [0.25, 0.3) is 0 Å². The van der Waals surface area contributed by atoms with Gasteiger partial charge in [0.15, 0.2) is 5.82 Å². The number of anilines is 1. The SMILES string of the molecule is Nc1nn(CCN2CCSCC2)cc1Br. The molecule has 0 bridgehead atoms. The van der Waals surface area contributed by atoms with E-state index in [2.05, 4.69) is 25.9 Å². The van der Waals surface area contributed by atoms with Gasteiger partial charge in [-0.2, -0.15) is 16.9 Å². The third-order valence-corrected chi connectivity index (χ3v) is 4.05. The summed E-state index contributed by atoms with van der Waals surface area (Å²) in [6.07, 6.45) is 1.94. The molecule has 0 unspecified atom stereocenters. The molecule has 1 fully saturated rings. The molecular weight excluding hydrogens is 276 g/mol. The van der Waals surface area contributed by atoms with E-state index >= 15 is 0 Å². The first-order valence-electron chi connectivity index (χ1n) is 5.04. The molecule has 1 aromatic rings. The second kappa shape index (κ2) is 5.23. The number of hydrogen-bond acceptors (Lipinski definition) is 4. The van der Waals surface area contributed by atoms with Crippen LogP contribution < -0.4 is 5.73 Å². The van der Waals surface area contributed by atoms with E-state index in [0.29, 0.717) is 5.82 Å². The quantitative estimate of drug-likeness (QED) is 0.911. The summed E-state index contributed by atoms with van der Waals surface area (Å²) >= 11 is 5.39. The van der Waals surface area contributed by atoms with Gasteiger partial charge in [-0.1, -0.05) is 0 Å². The molecule has 6 heteroatoms. The average Bonchev–Trinajstić information content (AvgIpc) is 2.57. The molecule has 1 aromatic heterocycles. The van der Waals surface area contributed by atoms with Crippen LogP contribution in [0.5, 0.6) is 0 Å². The van der Waals surface area contributed by atoms with Crippen LogP contribution in [-0.2, 0) is 6.54 Å². The van der Waals surface area contributed by atoms with Crippen molar-refractivity contribution in [3.8, 4) is 0 Å². The van der Waals surface area contributed by atoms with E-state index in [1.807, 2.05) is 22.6 Å². The lowest BCUT2D eigenvalue weighted by molar-refractivity contribution is 0.284. The zero-order valence-electron chi connectivity index (χ0n) is 8.53. The van der Waals surface area contributed by atoms with Crippen LogP contribution in [0.4, 0.5) is 5.82 Å². The predicted molar refractivity (Wildman–Crippen MR) is 68.1 cm³/mol. The van der Waals surface area contributed by atoms with E-state index in [1.165, 1.54) is 24.6 Å². The Morgan fingerprint density at radius 3 is 2.73 bits per heavy atom. The summed E-state index contributed by atoms with van der Waals surface area (Å²) in [5.41, 5.74) is 5.65. The maximum Gasteiger partial charge on any atom is 0.159 e. The van der Waals surface area contributed by atoms with E-state index in [-0.39, 0.29) is 0 Å². The number of rotatable bonds is 3. The molecule has 1 aliphatic rings. The summed E-state index contributed by atoms with van der Waals surface area (Å²) in [4.78, 5) is 2.47. The second-order valence-electron chi connectivity index (χ2n) is 3.58. The van der Waals surface area contributed by atoms with Crippen LogP contribution in [0, 0.1) is 0 Å².